The Morgan fingerprint density at radius 3 is 2.29 bits per heavy atom. The van der Waals surface area contributed by atoms with Gasteiger partial charge in [0.2, 0.25) is 5.78 Å². The summed E-state index contributed by atoms with van der Waals surface area (Å²) in [5.41, 5.74) is 0.0349. The van der Waals surface area contributed by atoms with Gasteiger partial charge in [0, 0.05) is 6.92 Å². The first-order valence-corrected chi connectivity index (χ1v) is 4.08. The summed E-state index contributed by atoms with van der Waals surface area (Å²) < 4.78 is 26.1. The van der Waals surface area contributed by atoms with Crippen molar-refractivity contribution in [2.45, 2.75) is 19.0 Å². The summed E-state index contributed by atoms with van der Waals surface area (Å²) >= 11 is 0. The molecule has 0 amide bonds. The van der Waals surface area contributed by atoms with Crippen LogP contribution in [0.1, 0.15) is 18.6 Å². The number of hydrogen-bond donors (Lipinski definition) is 1. The van der Waals surface area contributed by atoms with Crippen molar-refractivity contribution in [1.29, 1.82) is 0 Å². The fraction of sp³-hybridized carbons (Fsp3) is 0.300. The molecule has 0 unspecified atom stereocenters. The van der Waals surface area contributed by atoms with Crippen molar-refractivity contribution in [2.75, 3.05) is 0 Å². The van der Waals surface area contributed by atoms with Crippen LogP contribution in [0.3, 0.4) is 0 Å². The zero-order chi connectivity index (χ0) is 10.8. The minimum atomic E-state index is -3.72. The molecule has 0 saturated heterocycles. The second kappa shape index (κ2) is 3.84. The number of carbonyl (C=O) groups excluding carboxylic acids is 1. The number of alkyl halides is 2. The Bertz CT molecular complexity index is 322. The van der Waals surface area contributed by atoms with Gasteiger partial charge in [0.05, 0.1) is 0 Å². The number of aliphatic hydroxyl groups excluding tert-OH is 1. The van der Waals surface area contributed by atoms with E-state index in [9.17, 15) is 18.7 Å². The van der Waals surface area contributed by atoms with E-state index in [0.29, 0.717) is 0 Å². The van der Waals surface area contributed by atoms with Crippen molar-refractivity contribution in [1.82, 2.24) is 0 Å². The van der Waals surface area contributed by atoms with Crippen molar-refractivity contribution in [3.63, 3.8) is 0 Å². The van der Waals surface area contributed by atoms with Gasteiger partial charge in [-0.3, -0.25) is 4.79 Å². The molecule has 0 aliphatic heterocycles. The first-order chi connectivity index (χ1) is 6.46. The minimum absolute atomic E-state index is 0.0349. The van der Waals surface area contributed by atoms with Crippen LogP contribution in [-0.2, 0) is 4.79 Å². The van der Waals surface area contributed by atoms with E-state index in [0.717, 1.165) is 6.92 Å². The van der Waals surface area contributed by atoms with E-state index in [-0.39, 0.29) is 5.56 Å². The zero-order valence-electron chi connectivity index (χ0n) is 7.58. The van der Waals surface area contributed by atoms with Gasteiger partial charge in [-0.05, 0) is 5.56 Å². The molecular formula is C10H10F2O2. The van der Waals surface area contributed by atoms with Crippen LogP contribution >= 0.6 is 0 Å². The first kappa shape index (κ1) is 10.8. The Hall–Kier alpha value is -1.29. The number of Topliss-reactive ketones (excluding diaryl/α,β-unsaturated/α-hetero) is 1. The Morgan fingerprint density at radius 1 is 1.36 bits per heavy atom. The largest absolute Gasteiger partial charge is 0.382 e. The Morgan fingerprint density at radius 2 is 1.86 bits per heavy atom. The van der Waals surface area contributed by atoms with Crippen LogP contribution in [0, 0.1) is 0 Å². The van der Waals surface area contributed by atoms with E-state index in [1.807, 2.05) is 0 Å². The van der Waals surface area contributed by atoms with Gasteiger partial charge in [0.1, 0.15) is 6.10 Å². The Kier molecular flexibility index (Phi) is 2.96. The molecule has 76 valence electrons. The number of rotatable bonds is 3. The molecule has 1 rings (SSSR count). The quantitative estimate of drug-likeness (QED) is 0.809. The summed E-state index contributed by atoms with van der Waals surface area (Å²) in [6.45, 7) is 0.756. The maximum Gasteiger partial charge on any atom is 0.334 e. The molecule has 14 heavy (non-hydrogen) atoms. The average molecular weight is 200 g/mol. The summed E-state index contributed by atoms with van der Waals surface area (Å²) in [5, 5.41) is 9.25. The SMILES string of the molecule is CC(=O)C(F)(F)[C@@H](O)c1ccccc1. The van der Waals surface area contributed by atoms with Crippen molar-refractivity contribution in [3.8, 4) is 0 Å². The highest BCUT2D eigenvalue weighted by Gasteiger charge is 2.44. The molecular weight excluding hydrogens is 190 g/mol. The molecule has 1 aromatic carbocycles. The molecule has 0 heterocycles. The number of benzene rings is 1. The van der Waals surface area contributed by atoms with Crippen LogP contribution < -0.4 is 0 Å². The Labute approximate surface area is 80.2 Å². The highest BCUT2D eigenvalue weighted by molar-refractivity contribution is 5.84. The molecule has 0 bridgehead atoms. The lowest BCUT2D eigenvalue weighted by molar-refractivity contribution is -0.159. The maximum atomic E-state index is 13.0. The van der Waals surface area contributed by atoms with E-state index in [4.69, 9.17) is 0 Å². The van der Waals surface area contributed by atoms with Crippen molar-refractivity contribution >= 4 is 5.78 Å². The van der Waals surface area contributed by atoms with Crippen LogP contribution in [0.5, 0.6) is 0 Å². The normalized spacial score (nSPS) is 13.7. The molecule has 0 saturated carbocycles. The number of aliphatic hydroxyl groups is 1. The van der Waals surface area contributed by atoms with E-state index in [2.05, 4.69) is 0 Å². The van der Waals surface area contributed by atoms with Gasteiger partial charge >= 0.3 is 5.92 Å². The molecule has 0 aromatic heterocycles. The summed E-state index contributed by atoms with van der Waals surface area (Å²) in [7, 11) is 0. The van der Waals surface area contributed by atoms with Gasteiger partial charge in [-0.2, -0.15) is 8.78 Å². The third kappa shape index (κ3) is 1.96. The summed E-state index contributed by atoms with van der Waals surface area (Å²) in [5.74, 6) is -5.06. The lowest BCUT2D eigenvalue weighted by Crippen LogP contribution is -2.33. The first-order valence-electron chi connectivity index (χ1n) is 4.08. The molecule has 0 spiro atoms. The summed E-state index contributed by atoms with van der Waals surface area (Å²) in [6.07, 6.45) is -2.07. The predicted octanol–water partition coefficient (Wildman–Crippen LogP) is 1.94. The topological polar surface area (TPSA) is 37.3 Å². The molecule has 0 aliphatic rings. The average Bonchev–Trinajstić information content (AvgIpc) is 2.17. The molecule has 0 aliphatic carbocycles. The maximum absolute atomic E-state index is 13.0. The van der Waals surface area contributed by atoms with Crippen molar-refractivity contribution in [2.24, 2.45) is 0 Å². The highest BCUT2D eigenvalue weighted by atomic mass is 19.3. The number of ketones is 1. The van der Waals surface area contributed by atoms with Gasteiger partial charge < -0.3 is 5.11 Å². The molecule has 1 atom stereocenters. The molecule has 0 radical (unpaired) electrons. The monoisotopic (exact) mass is 200 g/mol. The lowest BCUT2D eigenvalue weighted by Gasteiger charge is -2.19. The van der Waals surface area contributed by atoms with Crippen LogP contribution in [0.4, 0.5) is 8.78 Å². The van der Waals surface area contributed by atoms with Crippen LogP contribution in [-0.4, -0.2) is 16.8 Å². The summed E-state index contributed by atoms with van der Waals surface area (Å²) in [6, 6.07) is 7.38. The van der Waals surface area contributed by atoms with Crippen LogP contribution in [0.15, 0.2) is 30.3 Å². The summed E-state index contributed by atoms with van der Waals surface area (Å²) in [4.78, 5) is 10.6. The van der Waals surface area contributed by atoms with E-state index in [1.54, 1.807) is 6.07 Å². The van der Waals surface area contributed by atoms with Gasteiger partial charge in [0.25, 0.3) is 0 Å². The fourth-order valence-electron chi connectivity index (χ4n) is 1.04. The van der Waals surface area contributed by atoms with Crippen LogP contribution in [0.2, 0.25) is 0 Å². The molecule has 0 fully saturated rings. The molecule has 1 N–H and O–H groups in total. The molecule has 1 aromatic rings. The van der Waals surface area contributed by atoms with Gasteiger partial charge in [-0.1, -0.05) is 30.3 Å². The van der Waals surface area contributed by atoms with Gasteiger partial charge in [0.15, 0.2) is 0 Å². The van der Waals surface area contributed by atoms with Crippen molar-refractivity contribution < 1.29 is 18.7 Å². The highest BCUT2D eigenvalue weighted by Crippen LogP contribution is 2.31. The van der Waals surface area contributed by atoms with E-state index in [1.165, 1.54) is 24.3 Å². The zero-order valence-corrected chi connectivity index (χ0v) is 7.58. The second-order valence-corrected chi connectivity index (χ2v) is 2.99. The lowest BCUT2D eigenvalue weighted by atomic mass is 10.0. The van der Waals surface area contributed by atoms with Gasteiger partial charge in [-0.15, -0.1) is 0 Å². The smallest absolute Gasteiger partial charge is 0.334 e. The van der Waals surface area contributed by atoms with E-state index >= 15 is 0 Å². The number of carbonyl (C=O) groups is 1. The third-order valence-electron chi connectivity index (χ3n) is 1.93. The molecule has 2 nitrogen and oxygen atoms in total. The second-order valence-electron chi connectivity index (χ2n) is 2.99. The standard InChI is InChI=1S/C10H10F2O2/c1-7(13)10(11,12)9(14)8-5-3-2-4-6-8/h2-6,9,14H,1H3/t9-/m0/s1. The van der Waals surface area contributed by atoms with Crippen molar-refractivity contribution in [3.05, 3.63) is 35.9 Å². The fourth-order valence-corrected chi connectivity index (χ4v) is 1.04. The number of halogens is 2. The van der Waals surface area contributed by atoms with Crippen LogP contribution in [0.25, 0.3) is 0 Å². The Balaban J connectivity index is 2.96. The third-order valence-corrected chi connectivity index (χ3v) is 1.93. The predicted molar refractivity (Wildman–Crippen MR) is 47.0 cm³/mol. The number of hydrogen-bond acceptors (Lipinski definition) is 2. The molecule has 4 heteroatoms. The minimum Gasteiger partial charge on any atom is -0.382 e. The van der Waals surface area contributed by atoms with E-state index < -0.39 is 17.8 Å². The van der Waals surface area contributed by atoms with Gasteiger partial charge in [-0.25, -0.2) is 0 Å².